The van der Waals surface area contributed by atoms with Gasteiger partial charge in [-0.05, 0) is 56.4 Å². The molecule has 3 aliphatic rings. The van der Waals surface area contributed by atoms with Gasteiger partial charge in [-0.3, -0.25) is 4.79 Å². The van der Waals surface area contributed by atoms with Crippen LogP contribution in [0.4, 0.5) is 23.4 Å². The number of amides is 1. The number of carbonyl (C=O) groups is 1. The van der Waals surface area contributed by atoms with Gasteiger partial charge in [0.05, 0.1) is 17.2 Å². The lowest BCUT2D eigenvalue weighted by Crippen LogP contribution is -2.60. The van der Waals surface area contributed by atoms with Gasteiger partial charge in [-0.15, -0.1) is 0 Å². The zero-order valence-electron chi connectivity index (χ0n) is 18.8. The molecule has 1 amide bonds. The van der Waals surface area contributed by atoms with Crippen molar-refractivity contribution in [3.8, 4) is 11.5 Å². The van der Waals surface area contributed by atoms with E-state index < -0.39 is 17.6 Å². The molecule has 0 aromatic carbocycles. The van der Waals surface area contributed by atoms with E-state index in [0.717, 1.165) is 6.42 Å². The summed E-state index contributed by atoms with van der Waals surface area (Å²) in [5, 5.41) is 2.96. The second-order valence-electron chi connectivity index (χ2n) is 8.93. The highest BCUT2D eigenvalue weighted by Gasteiger charge is 2.44. The fourth-order valence-corrected chi connectivity index (χ4v) is 4.93. The van der Waals surface area contributed by atoms with Crippen molar-refractivity contribution in [2.75, 3.05) is 11.9 Å². The molecule has 1 aliphatic carbocycles. The highest BCUT2D eigenvalue weighted by molar-refractivity contribution is 5.99. The third kappa shape index (κ3) is 4.54. The molecule has 0 radical (unpaired) electrons. The lowest BCUT2D eigenvalue weighted by molar-refractivity contribution is -0.138. The van der Waals surface area contributed by atoms with Crippen LogP contribution in [0.25, 0.3) is 11.5 Å². The minimum absolute atomic E-state index is 0.175. The number of aromatic nitrogens is 4. The number of aryl methyl sites for hydroxylation is 1. The Hall–Kier alpha value is -3.63. The molecule has 182 valence electrons. The van der Waals surface area contributed by atoms with Crippen LogP contribution < -0.4 is 5.32 Å². The van der Waals surface area contributed by atoms with Gasteiger partial charge in [0.2, 0.25) is 0 Å². The number of hydrogen-bond acceptors (Lipinski definition) is 6. The first kappa shape index (κ1) is 23.1. The smallest absolute Gasteiger partial charge is 0.363 e. The van der Waals surface area contributed by atoms with Crippen LogP contribution in [0.1, 0.15) is 40.9 Å². The first-order valence-electron chi connectivity index (χ1n) is 11.3. The molecule has 3 atom stereocenters. The van der Waals surface area contributed by atoms with Crippen LogP contribution in [0.2, 0.25) is 0 Å². The molecule has 0 unspecified atom stereocenters. The minimum Gasteiger partial charge on any atom is -0.363 e. The van der Waals surface area contributed by atoms with Crippen molar-refractivity contribution in [2.24, 2.45) is 5.92 Å². The lowest BCUT2D eigenvalue weighted by Gasteiger charge is -2.50. The fraction of sp³-hybridized carbons (Fsp3) is 0.375. The predicted molar refractivity (Wildman–Crippen MR) is 119 cm³/mol. The molecule has 35 heavy (non-hydrogen) atoms. The molecule has 11 heteroatoms. The maximum Gasteiger partial charge on any atom is 0.417 e. The van der Waals surface area contributed by atoms with E-state index in [9.17, 15) is 22.4 Å². The summed E-state index contributed by atoms with van der Waals surface area (Å²) in [7, 11) is 0. The second-order valence-corrected chi connectivity index (χ2v) is 8.93. The van der Waals surface area contributed by atoms with Gasteiger partial charge in [0.1, 0.15) is 5.69 Å². The summed E-state index contributed by atoms with van der Waals surface area (Å²) in [6.07, 6.45) is 1.35. The first-order valence-corrected chi connectivity index (χ1v) is 11.3. The molecule has 5 heterocycles. The maximum atomic E-state index is 14.4. The summed E-state index contributed by atoms with van der Waals surface area (Å²) < 4.78 is 53.1. The van der Waals surface area contributed by atoms with E-state index in [1.165, 1.54) is 0 Å². The zero-order valence-corrected chi connectivity index (χ0v) is 18.8. The Bertz CT molecular complexity index is 1250. The molecular weight excluding hydrogens is 464 g/mol. The van der Waals surface area contributed by atoms with Crippen molar-refractivity contribution in [3.63, 3.8) is 0 Å². The number of halogens is 4. The van der Waals surface area contributed by atoms with Crippen LogP contribution in [0, 0.1) is 18.7 Å². The average molecular weight is 486 g/mol. The van der Waals surface area contributed by atoms with Crippen LogP contribution in [0.3, 0.4) is 0 Å². The highest BCUT2D eigenvalue weighted by Crippen LogP contribution is 2.38. The van der Waals surface area contributed by atoms with Gasteiger partial charge in [-0.1, -0.05) is 0 Å². The average Bonchev–Trinajstić information content (AvgIpc) is 2.85. The number of nitrogens with zero attached hydrogens (tertiary/aromatic N) is 5. The summed E-state index contributed by atoms with van der Waals surface area (Å²) in [4.78, 5) is 32.1. The van der Waals surface area contributed by atoms with Crippen LogP contribution in [0.15, 0.2) is 42.9 Å². The van der Waals surface area contributed by atoms with Gasteiger partial charge in [-0.2, -0.15) is 13.2 Å². The molecule has 3 aromatic heterocycles. The summed E-state index contributed by atoms with van der Waals surface area (Å²) in [5.41, 5.74) is 0.321. The molecule has 2 bridgehead atoms. The maximum absolute atomic E-state index is 14.4. The number of hydrogen-bond donors (Lipinski definition) is 1. The molecule has 1 N–H and O–H groups in total. The van der Waals surface area contributed by atoms with E-state index in [-0.39, 0.29) is 29.7 Å². The van der Waals surface area contributed by atoms with Crippen LogP contribution in [-0.2, 0) is 6.18 Å². The topological polar surface area (TPSA) is 83.9 Å². The Kier molecular flexibility index (Phi) is 5.86. The lowest BCUT2D eigenvalue weighted by atomic mass is 9.76. The van der Waals surface area contributed by atoms with Gasteiger partial charge in [-0.25, -0.2) is 24.3 Å². The minimum atomic E-state index is -4.68. The SMILES string of the molecule is Cc1ccc(C(=O)N2C[C@@H]3CC[C@H]2[C@H](Nc2ncc(C(F)(F)F)cc2F)C3)c(-c2ncccn2)n1. The number of carbonyl (C=O) groups excluding carboxylic acids is 1. The molecule has 2 saturated heterocycles. The summed E-state index contributed by atoms with van der Waals surface area (Å²) in [6.45, 7) is 2.35. The number of alkyl halides is 3. The summed E-state index contributed by atoms with van der Waals surface area (Å²) in [6, 6.07) is 4.94. The number of fused-ring (bicyclic) bond motifs is 3. The molecule has 1 saturated carbocycles. The van der Waals surface area contributed by atoms with Crippen molar-refractivity contribution in [2.45, 2.75) is 44.4 Å². The molecule has 3 aromatic rings. The monoisotopic (exact) mass is 486 g/mol. The van der Waals surface area contributed by atoms with Crippen molar-refractivity contribution in [3.05, 3.63) is 65.5 Å². The molecular formula is C24H22F4N6O. The number of nitrogens with one attached hydrogen (secondary N) is 1. The van der Waals surface area contributed by atoms with Crippen LogP contribution in [0.5, 0.6) is 0 Å². The normalized spacial score (nSPS) is 21.7. The molecule has 2 aliphatic heterocycles. The van der Waals surface area contributed by atoms with Crippen LogP contribution >= 0.6 is 0 Å². The van der Waals surface area contributed by atoms with Gasteiger partial charge in [0.25, 0.3) is 5.91 Å². The third-order valence-corrected chi connectivity index (χ3v) is 6.57. The zero-order chi connectivity index (χ0) is 24.7. The van der Waals surface area contributed by atoms with E-state index in [1.807, 2.05) is 6.92 Å². The predicted octanol–water partition coefficient (Wildman–Crippen LogP) is 4.51. The Morgan fingerprint density at radius 3 is 2.60 bits per heavy atom. The molecule has 3 fully saturated rings. The number of piperidine rings is 2. The molecule has 0 spiro atoms. The largest absolute Gasteiger partial charge is 0.417 e. The Morgan fingerprint density at radius 1 is 1.14 bits per heavy atom. The quantitative estimate of drug-likeness (QED) is 0.547. The van der Waals surface area contributed by atoms with E-state index in [0.29, 0.717) is 54.4 Å². The Labute approximate surface area is 198 Å². The highest BCUT2D eigenvalue weighted by atomic mass is 19.4. The Morgan fingerprint density at radius 2 is 1.91 bits per heavy atom. The first-order chi connectivity index (χ1) is 16.7. The second kappa shape index (κ2) is 8.86. The standard InChI is InChI=1S/C24H22F4N6O/c1-13-3-5-16(20(32-13)22-29-7-2-8-30-22)23(35)34-12-14-4-6-19(34)18(9-14)33-21-17(25)10-15(11-31-21)24(26,27)28/h2-3,5,7-8,10-11,14,18-19H,4,6,9,12H2,1H3,(H,31,33)/t14-,18-,19+/m1/s1. The summed E-state index contributed by atoms with van der Waals surface area (Å²) >= 11 is 0. The molecule has 6 rings (SSSR count). The van der Waals surface area contributed by atoms with Gasteiger partial charge < -0.3 is 10.2 Å². The summed E-state index contributed by atoms with van der Waals surface area (Å²) in [5.74, 6) is -1.05. The van der Waals surface area contributed by atoms with E-state index >= 15 is 0 Å². The third-order valence-electron chi connectivity index (χ3n) is 6.57. The van der Waals surface area contributed by atoms with Crippen molar-refractivity contribution in [1.29, 1.82) is 0 Å². The van der Waals surface area contributed by atoms with Crippen molar-refractivity contribution in [1.82, 2.24) is 24.8 Å². The van der Waals surface area contributed by atoms with Gasteiger partial charge in [0, 0.05) is 36.9 Å². The van der Waals surface area contributed by atoms with Gasteiger partial charge in [0.15, 0.2) is 17.5 Å². The fourth-order valence-electron chi connectivity index (χ4n) is 4.93. The van der Waals surface area contributed by atoms with Gasteiger partial charge >= 0.3 is 6.18 Å². The van der Waals surface area contributed by atoms with E-state index in [4.69, 9.17) is 0 Å². The Balaban J connectivity index is 1.42. The van der Waals surface area contributed by atoms with E-state index in [1.54, 1.807) is 35.5 Å². The number of anilines is 1. The molecule has 7 nitrogen and oxygen atoms in total. The number of pyridine rings is 2. The van der Waals surface area contributed by atoms with E-state index in [2.05, 4.69) is 25.3 Å². The van der Waals surface area contributed by atoms with Crippen molar-refractivity contribution >= 4 is 11.7 Å². The number of rotatable bonds is 4. The van der Waals surface area contributed by atoms with Crippen molar-refractivity contribution < 1.29 is 22.4 Å². The van der Waals surface area contributed by atoms with Crippen LogP contribution in [-0.4, -0.2) is 49.4 Å².